The Morgan fingerprint density at radius 1 is 1.12 bits per heavy atom. The highest BCUT2D eigenvalue weighted by molar-refractivity contribution is 7.08. The molecule has 0 bridgehead atoms. The zero-order valence-corrected chi connectivity index (χ0v) is 15.0. The van der Waals surface area contributed by atoms with E-state index in [9.17, 15) is 9.59 Å². The summed E-state index contributed by atoms with van der Waals surface area (Å²) in [6, 6.07) is 9.58. The Hall–Kier alpha value is -2.60. The van der Waals surface area contributed by atoms with Crippen LogP contribution in [0.2, 0.25) is 0 Å². The van der Waals surface area contributed by atoms with Gasteiger partial charge in [-0.25, -0.2) is 4.79 Å². The quantitative estimate of drug-likeness (QED) is 0.858. The molecule has 3 rings (SSSR count). The maximum atomic E-state index is 12.3. The summed E-state index contributed by atoms with van der Waals surface area (Å²) in [4.78, 5) is 28.1. The van der Waals surface area contributed by atoms with Crippen LogP contribution in [-0.4, -0.2) is 47.9 Å². The fraction of sp³-hybridized carbons (Fsp3) is 0.263. The molecule has 1 aromatic heterocycles. The van der Waals surface area contributed by atoms with Crippen molar-refractivity contribution in [2.24, 2.45) is 0 Å². The minimum absolute atomic E-state index is 0.00931. The van der Waals surface area contributed by atoms with Gasteiger partial charge in [-0.15, -0.1) is 0 Å². The van der Waals surface area contributed by atoms with Gasteiger partial charge in [0.25, 0.3) is 0 Å². The molecule has 0 atom stereocenters. The van der Waals surface area contributed by atoms with E-state index in [1.165, 1.54) is 0 Å². The number of benzene rings is 1. The Bertz CT molecular complexity index is 763. The summed E-state index contributed by atoms with van der Waals surface area (Å²) in [7, 11) is 0. The number of nitrogens with zero attached hydrogens (tertiary/aromatic N) is 2. The minimum Gasteiger partial charge on any atom is -0.336 e. The first-order valence-electron chi connectivity index (χ1n) is 8.23. The van der Waals surface area contributed by atoms with Gasteiger partial charge in [-0.2, -0.15) is 11.3 Å². The average molecular weight is 355 g/mol. The van der Waals surface area contributed by atoms with E-state index in [0.717, 1.165) is 16.8 Å². The van der Waals surface area contributed by atoms with Crippen LogP contribution >= 0.6 is 11.3 Å². The summed E-state index contributed by atoms with van der Waals surface area (Å²) in [6.45, 7) is 4.16. The molecular weight excluding hydrogens is 334 g/mol. The van der Waals surface area contributed by atoms with Crippen LogP contribution < -0.4 is 5.32 Å². The zero-order valence-electron chi connectivity index (χ0n) is 14.1. The third-order valence-electron chi connectivity index (χ3n) is 4.11. The second kappa shape index (κ2) is 7.98. The first kappa shape index (κ1) is 17.2. The molecular formula is C19H21N3O2S. The number of hydrogen-bond donors (Lipinski definition) is 1. The lowest BCUT2D eigenvalue weighted by Gasteiger charge is -2.34. The molecule has 0 radical (unpaired) electrons. The monoisotopic (exact) mass is 355 g/mol. The SMILES string of the molecule is Cc1cccc(NC(=O)N2CCN(C(=O)/C=C/c3ccsc3)CC2)c1. The van der Waals surface area contributed by atoms with Crippen molar-refractivity contribution in [1.29, 1.82) is 0 Å². The molecule has 5 nitrogen and oxygen atoms in total. The van der Waals surface area contributed by atoms with E-state index in [1.54, 1.807) is 27.2 Å². The van der Waals surface area contributed by atoms with E-state index < -0.39 is 0 Å². The predicted octanol–water partition coefficient (Wildman–Crippen LogP) is 3.45. The molecule has 1 aliphatic rings. The van der Waals surface area contributed by atoms with E-state index in [-0.39, 0.29) is 11.9 Å². The van der Waals surface area contributed by atoms with Crippen molar-refractivity contribution < 1.29 is 9.59 Å². The molecule has 1 aliphatic heterocycles. The van der Waals surface area contributed by atoms with Crippen molar-refractivity contribution in [3.8, 4) is 0 Å². The lowest BCUT2D eigenvalue weighted by molar-refractivity contribution is -0.127. The topological polar surface area (TPSA) is 52.7 Å². The van der Waals surface area contributed by atoms with Crippen LogP contribution in [0.5, 0.6) is 0 Å². The summed E-state index contributed by atoms with van der Waals surface area (Å²) in [5, 5.41) is 6.89. The number of hydrogen-bond acceptors (Lipinski definition) is 3. The van der Waals surface area contributed by atoms with Crippen LogP contribution in [0.1, 0.15) is 11.1 Å². The van der Waals surface area contributed by atoms with Crippen LogP contribution in [0, 0.1) is 6.92 Å². The van der Waals surface area contributed by atoms with Gasteiger partial charge in [-0.3, -0.25) is 4.79 Å². The van der Waals surface area contributed by atoms with Gasteiger partial charge in [0.05, 0.1) is 0 Å². The summed E-state index contributed by atoms with van der Waals surface area (Å²) < 4.78 is 0. The summed E-state index contributed by atoms with van der Waals surface area (Å²) in [5.74, 6) is -0.00931. The molecule has 0 aliphatic carbocycles. The first-order valence-corrected chi connectivity index (χ1v) is 9.18. The molecule has 6 heteroatoms. The first-order chi connectivity index (χ1) is 12.1. The highest BCUT2D eigenvalue weighted by atomic mass is 32.1. The molecule has 0 spiro atoms. The van der Waals surface area contributed by atoms with Crippen LogP contribution in [-0.2, 0) is 4.79 Å². The molecule has 1 saturated heterocycles. The Morgan fingerprint density at radius 2 is 1.88 bits per heavy atom. The number of thiophene rings is 1. The molecule has 1 fully saturated rings. The second-order valence-corrected chi connectivity index (χ2v) is 6.78. The number of anilines is 1. The normalized spacial score (nSPS) is 14.8. The number of amides is 3. The Morgan fingerprint density at radius 3 is 2.56 bits per heavy atom. The van der Waals surface area contributed by atoms with Crippen LogP contribution in [0.25, 0.3) is 6.08 Å². The average Bonchev–Trinajstić information content (AvgIpc) is 3.13. The van der Waals surface area contributed by atoms with Crippen molar-refractivity contribution in [3.63, 3.8) is 0 Å². The number of nitrogens with one attached hydrogen (secondary N) is 1. The van der Waals surface area contributed by atoms with Crippen molar-refractivity contribution in [3.05, 3.63) is 58.3 Å². The molecule has 0 saturated carbocycles. The Balaban J connectivity index is 1.49. The van der Waals surface area contributed by atoms with Crippen LogP contribution in [0.15, 0.2) is 47.2 Å². The highest BCUT2D eigenvalue weighted by Gasteiger charge is 2.23. The van der Waals surface area contributed by atoms with E-state index in [2.05, 4.69) is 5.32 Å². The fourth-order valence-electron chi connectivity index (χ4n) is 2.70. The van der Waals surface area contributed by atoms with E-state index in [4.69, 9.17) is 0 Å². The van der Waals surface area contributed by atoms with Gasteiger partial charge in [0.15, 0.2) is 0 Å². The van der Waals surface area contributed by atoms with E-state index >= 15 is 0 Å². The third kappa shape index (κ3) is 4.70. The fourth-order valence-corrected chi connectivity index (χ4v) is 3.33. The van der Waals surface area contributed by atoms with E-state index in [0.29, 0.717) is 26.2 Å². The molecule has 130 valence electrons. The standard InChI is InChI=1S/C19H21N3O2S/c1-15-3-2-4-17(13-15)20-19(24)22-10-8-21(9-11-22)18(23)6-5-16-7-12-25-14-16/h2-7,12-14H,8-11H2,1H3,(H,20,24)/b6-5+. The van der Waals surface area contributed by atoms with Crippen LogP contribution in [0.3, 0.4) is 0 Å². The number of aryl methyl sites for hydroxylation is 1. The molecule has 2 aromatic rings. The molecule has 0 unspecified atom stereocenters. The van der Waals surface area contributed by atoms with Crippen molar-refractivity contribution in [1.82, 2.24) is 9.80 Å². The van der Waals surface area contributed by atoms with Crippen molar-refractivity contribution >= 4 is 35.0 Å². The number of urea groups is 1. The Labute approximate surface area is 151 Å². The smallest absolute Gasteiger partial charge is 0.321 e. The van der Waals surface area contributed by atoms with Gasteiger partial charge in [0.1, 0.15) is 0 Å². The maximum absolute atomic E-state index is 12.3. The molecule has 25 heavy (non-hydrogen) atoms. The predicted molar refractivity (Wildman–Crippen MR) is 102 cm³/mol. The highest BCUT2D eigenvalue weighted by Crippen LogP contribution is 2.12. The summed E-state index contributed by atoms with van der Waals surface area (Å²) >= 11 is 1.60. The second-order valence-electron chi connectivity index (χ2n) is 6.00. The number of piperazine rings is 1. The largest absolute Gasteiger partial charge is 0.336 e. The van der Waals surface area contributed by atoms with E-state index in [1.807, 2.05) is 54.1 Å². The minimum atomic E-state index is -0.119. The molecule has 1 N–H and O–H groups in total. The summed E-state index contributed by atoms with van der Waals surface area (Å²) in [5.41, 5.74) is 2.93. The van der Waals surface area contributed by atoms with Gasteiger partial charge in [-0.05, 0) is 53.1 Å². The van der Waals surface area contributed by atoms with Gasteiger partial charge < -0.3 is 15.1 Å². The number of carbonyl (C=O) groups is 2. The maximum Gasteiger partial charge on any atom is 0.321 e. The van der Waals surface area contributed by atoms with Crippen LogP contribution in [0.4, 0.5) is 10.5 Å². The molecule has 2 heterocycles. The zero-order chi connectivity index (χ0) is 17.6. The van der Waals surface area contributed by atoms with Gasteiger partial charge in [0.2, 0.25) is 5.91 Å². The van der Waals surface area contributed by atoms with Gasteiger partial charge >= 0.3 is 6.03 Å². The lowest BCUT2D eigenvalue weighted by atomic mass is 10.2. The molecule has 3 amide bonds. The Kier molecular flexibility index (Phi) is 5.50. The number of rotatable bonds is 3. The van der Waals surface area contributed by atoms with Gasteiger partial charge in [0, 0.05) is 37.9 Å². The lowest BCUT2D eigenvalue weighted by Crippen LogP contribution is -2.51. The third-order valence-corrected chi connectivity index (χ3v) is 4.81. The van der Waals surface area contributed by atoms with Gasteiger partial charge in [-0.1, -0.05) is 12.1 Å². The number of carbonyl (C=O) groups excluding carboxylic acids is 2. The summed E-state index contributed by atoms with van der Waals surface area (Å²) in [6.07, 6.45) is 3.43. The molecule has 1 aromatic carbocycles. The van der Waals surface area contributed by atoms with Crippen molar-refractivity contribution in [2.75, 3.05) is 31.5 Å². The van der Waals surface area contributed by atoms with Crippen molar-refractivity contribution in [2.45, 2.75) is 6.92 Å².